The van der Waals surface area contributed by atoms with E-state index in [0.29, 0.717) is 6.54 Å². The Morgan fingerprint density at radius 2 is 1.83 bits per heavy atom. The second kappa shape index (κ2) is 8.06. The van der Waals surface area contributed by atoms with Crippen molar-refractivity contribution in [3.8, 4) is 0 Å². The van der Waals surface area contributed by atoms with Crippen molar-refractivity contribution in [2.75, 3.05) is 19.8 Å². The van der Waals surface area contributed by atoms with Gasteiger partial charge in [0.25, 0.3) is 0 Å². The molecule has 2 atom stereocenters. The zero-order valence-electron chi connectivity index (χ0n) is 13.6. The van der Waals surface area contributed by atoms with E-state index >= 15 is 0 Å². The van der Waals surface area contributed by atoms with Crippen LogP contribution in [0.4, 0.5) is 0 Å². The second-order valence-electron chi connectivity index (χ2n) is 5.42. The summed E-state index contributed by atoms with van der Waals surface area (Å²) in [5.74, 6) is -0.280. The summed E-state index contributed by atoms with van der Waals surface area (Å²) in [5, 5.41) is 9.61. The molecule has 0 aliphatic carbocycles. The van der Waals surface area contributed by atoms with Gasteiger partial charge in [-0.1, -0.05) is 30.3 Å². The Kier molecular flexibility index (Phi) is 6.36. The van der Waals surface area contributed by atoms with Gasteiger partial charge in [0.15, 0.2) is 0 Å². The Bertz CT molecular complexity index is 555. The van der Waals surface area contributed by atoms with Crippen molar-refractivity contribution in [2.45, 2.75) is 38.5 Å². The van der Waals surface area contributed by atoms with Crippen molar-refractivity contribution in [3.63, 3.8) is 0 Å². The molecule has 1 aliphatic rings. The predicted octanol–water partition coefficient (Wildman–Crippen LogP) is 2.41. The van der Waals surface area contributed by atoms with Crippen LogP contribution in [-0.2, 0) is 25.0 Å². The van der Waals surface area contributed by atoms with E-state index in [1.807, 2.05) is 30.3 Å². The number of hydrogen-bond acceptors (Lipinski definition) is 5. The number of benzene rings is 1. The molecule has 1 saturated heterocycles. The smallest absolute Gasteiger partial charge is 0.343 e. The normalized spacial score (nSPS) is 21.9. The Balaban J connectivity index is 2.22. The lowest BCUT2D eigenvalue weighted by Gasteiger charge is -2.24. The molecule has 1 aromatic rings. The predicted molar refractivity (Wildman–Crippen MR) is 87.1 cm³/mol. The maximum Gasteiger partial charge on any atom is 0.343 e. The van der Waals surface area contributed by atoms with E-state index in [0.717, 1.165) is 5.56 Å². The standard InChI is InChI=1S/C16H24NO5P/c1-3-21-23(20,22-4-2)15-10-14(12-18)17(16(15)19)11-13-8-6-5-7-9-13/h5-9,14-15,18H,3-4,10-12H2,1-2H3/t14-,15?/m0/s1. The lowest BCUT2D eigenvalue weighted by Crippen LogP contribution is -2.36. The van der Waals surface area contributed by atoms with Crippen LogP contribution in [0.2, 0.25) is 0 Å². The molecule has 1 fully saturated rings. The monoisotopic (exact) mass is 341 g/mol. The number of carbonyl (C=O) groups excluding carboxylic acids is 1. The van der Waals surface area contributed by atoms with Crippen molar-refractivity contribution in [3.05, 3.63) is 35.9 Å². The molecule has 1 unspecified atom stereocenters. The van der Waals surface area contributed by atoms with Crippen molar-refractivity contribution in [1.29, 1.82) is 0 Å². The fourth-order valence-electron chi connectivity index (χ4n) is 2.86. The van der Waals surface area contributed by atoms with Crippen LogP contribution in [0.1, 0.15) is 25.8 Å². The Labute approximate surface area is 136 Å². The van der Waals surface area contributed by atoms with Crippen molar-refractivity contribution in [2.24, 2.45) is 0 Å². The van der Waals surface area contributed by atoms with Gasteiger partial charge in [-0.2, -0.15) is 0 Å². The van der Waals surface area contributed by atoms with E-state index in [9.17, 15) is 14.5 Å². The summed E-state index contributed by atoms with van der Waals surface area (Å²) in [6.07, 6.45) is 0.277. The van der Waals surface area contributed by atoms with Crippen LogP contribution in [0.25, 0.3) is 0 Å². The fraction of sp³-hybridized carbons (Fsp3) is 0.562. The van der Waals surface area contributed by atoms with Gasteiger partial charge in [-0.25, -0.2) is 0 Å². The molecule has 0 aromatic heterocycles. The minimum Gasteiger partial charge on any atom is -0.394 e. The van der Waals surface area contributed by atoms with Crippen LogP contribution in [0.15, 0.2) is 30.3 Å². The third-order valence-electron chi connectivity index (χ3n) is 3.91. The van der Waals surface area contributed by atoms with Crippen LogP contribution in [0.3, 0.4) is 0 Å². The van der Waals surface area contributed by atoms with E-state index in [4.69, 9.17) is 9.05 Å². The summed E-state index contributed by atoms with van der Waals surface area (Å²) < 4.78 is 23.6. The molecule has 1 aromatic carbocycles. The third-order valence-corrected chi connectivity index (χ3v) is 6.34. The van der Waals surface area contributed by atoms with Gasteiger partial charge in [0, 0.05) is 6.54 Å². The highest BCUT2D eigenvalue weighted by molar-refractivity contribution is 7.55. The molecule has 0 spiro atoms. The van der Waals surface area contributed by atoms with Gasteiger partial charge in [-0.05, 0) is 25.8 Å². The molecular formula is C16H24NO5P. The number of aliphatic hydroxyl groups excluding tert-OH is 1. The van der Waals surface area contributed by atoms with Crippen molar-refractivity contribution < 1.29 is 23.5 Å². The van der Waals surface area contributed by atoms with Crippen LogP contribution in [0, 0.1) is 0 Å². The molecule has 1 N–H and O–H groups in total. The van der Waals surface area contributed by atoms with E-state index < -0.39 is 13.3 Å². The SMILES string of the molecule is CCOP(=O)(OCC)C1C[C@@H](CO)N(Cc2ccccc2)C1=O. The van der Waals surface area contributed by atoms with Crippen LogP contribution >= 0.6 is 7.60 Å². The zero-order chi connectivity index (χ0) is 16.9. The summed E-state index contributed by atoms with van der Waals surface area (Å²) >= 11 is 0. The highest BCUT2D eigenvalue weighted by atomic mass is 31.2. The van der Waals surface area contributed by atoms with Gasteiger partial charge in [0.1, 0.15) is 5.66 Å². The number of rotatable bonds is 8. The van der Waals surface area contributed by atoms with E-state index in [-0.39, 0.29) is 38.2 Å². The molecular weight excluding hydrogens is 317 g/mol. The number of aliphatic hydroxyl groups is 1. The Morgan fingerprint density at radius 3 is 2.35 bits per heavy atom. The molecule has 23 heavy (non-hydrogen) atoms. The molecule has 0 saturated carbocycles. The molecule has 1 heterocycles. The minimum atomic E-state index is -3.52. The molecule has 7 heteroatoms. The van der Waals surface area contributed by atoms with E-state index in [2.05, 4.69) is 0 Å². The summed E-state index contributed by atoms with van der Waals surface area (Å²) in [7, 11) is -3.52. The lowest BCUT2D eigenvalue weighted by atomic mass is 10.2. The number of nitrogens with zero attached hydrogens (tertiary/aromatic N) is 1. The quantitative estimate of drug-likeness (QED) is 0.735. The van der Waals surface area contributed by atoms with Crippen LogP contribution < -0.4 is 0 Å². The zero-order valence-corrected chi connectivity index (χ0v) is 14.4. The number of carbonyl (C=O) groups is 1. The van der Waals surface area contributed by atoms with Crippen molar-refractivity contribution >= 4 is 13.5 Å². The topological polar surface area (TPSA) is 76.1 Å². The van der Waals surface area contributed by atoms with Crippen LogP contribution in [0.5, 0.6) is 0 Å². The van der Waals surface area contributed by atoms with Gasteiger partial charge in [-0.3, -0.25) is 9.36 Å². The highest BCUT2D eigenvalue weighted by Gasteiger charge is 2.50. The van der Waals surface area contributed by atoms with Gasteiger partial charge in [-0.15, -0.1) is 0 Å². The number of hydrogen-bond donors (Lipinski definition) is 1. The number of amides is 1. The third kappa shape index (κ3) is 4.01. The first-order valence-corrected chi connectivity index (χ1v) is 9.51. The minimum absolute atomic E-state index is 0.173. The number of likely N-dealkylation sites (tertiary alicyclic amines) is 1. The molecule has 1 aliphatic heterocycles. The maximum absolute atomic E-state index is 12.9. The molecule has 2 rings (SSSR count). The van der Waals surface area contributed by atoms with Gasteiger partial charge in [0.2, 0.25) is 5.91 Å². The van der Waals surface area contributed by atoms with Crippen molar-refractivity contribution in [1.82, 2.24) is 4.90 Å². The lowest BCUT2D eigenvalue weighted by molar-refractivity contribution is -0.130. The largest absolute Gasteiger partial charge is 0.394 e. The molecule has 0 bridgehead atoms. The summed E-state index contributed by atoms with van der Waals surface area (Å²) in [6, 6.07) is 9.15. The van der Waals surface area contributed by atoms with Gasteiger partial charge < -0.3 is 19.1 Å². The van der Waals surface area contributed by atoms with Gasteiger partial charge in [0.05, 0.1) is 25.9 Å². The molecule has 0 radical (unpaired) electrons. The molecule has 1 amide bonds. The summed E-state index contributed by atoms with van der Waals surface area (Å²) in [6.45, 7) is 4.06. The fourth-order valence-corrected chi connectivity index (χ4v) is 4.93. The first-order valence-electron chi connectivity index (χ1n) is 7.89. The summed E-state index contributed by atoms with van der Waals surface area (Å²) in [5.41, 5.74) is 0.117. The summed E-state index contributed by atoms with van der Waals surface area (Å²) in [4.78, 5) is 14.3. The Hall–Kier alpha value is -1.20. The van der Waals surface area contributed by atoms with E-state index in [1.165, 1.54) is 0 Å². The average molecular weight is 341 g/mol. The van der Waals surface area contributed by atoms with Gasteiger partial charge >= 0.3 is 7.60 Å². The molecule has 6 nitrogen and oxygen atoms in total. The first kappa shape index (κ1) is 18.1. The Morgan fingerprint density at radius 1 is 1.22 bits per heavy atom. The molecule has 128 valence electrons. The van der Waals surface area contributed by atoms with Crippen LogP contribution in [-0.4, -0.2) is 47.4 Å². The highest BCUT2D eigenvalue weighted by Crippen LogP contribution is 2.57. The van der Waals surface area contributed by atoms with E-state index in [1.54, 1.807) is 18.7 Å². The average Bonchev–Trinajstić information content (AvgIpc) is 2.86. The maximum atomic E-state index is 12.9. The first-order chi connectivity index (χ1) is 11.1. The second-order valence-corrected chi connectivity index (χ2v) is 7.63.